The molecule has 0 heterocycles. The van der Waals surface area contributed by atoms with E-state index in [-0.39, 0.29) is 11.9 Å². The number of carbonyl (C=O) groups excluding carboxylic acids is 2. The van der Waals surface area contributed by atoms with Crippen LogP contribution in [0.2, 0.25) is 0 Å². The lowest BCUT2D eigenvalue weighted by molar-refractivity contribution is -0.142. The molecule has 0 atom stereocenters. The van der Waals surface area contributed by atoms with E-state index in [9.17, 15) is 9.59 Å². The van der Waals surface area contributed by atoms with Gasteiger partial charge in [-0.25, -0.2) is 0 Å². The lowest BCUT2D eigenvalue weighted by Crippen LogP contribution is -1.99. The van der Waals surface area contributed by atoms with E-state index in [2.05, 4.69) is 38.2 Å². The molecule has 0 aromatic heterocycles. The Bertz CT molecular complexity index is 399. The number of hydrogen-bond donors (Lipinski definition) is 0. The third-order valence-corrected chi connectivity index (χ3v) is 3.92. The van der Waals surface area contributed by atoms with Crippen molar-refractivity contribution in [3.8, 4) is 0 Å². The minimum atomic E-state index is -0.183. The number of esters is 2. The van der Waals surface area contributed by atoms with Crippen LogP contribution in [-0.2, 0) is 19.1 Å². The Morgan fingerprint density at radius 2 is 0.964 bits per heavy atom. The van der Waals surface area contributed by atoms with Crippen molar-refractivity contribution in [1.82, 2.24) is 0 Å². The summed E-state index contributed by atoms with van der Waals surface area (Å²) in [4.78, 5) is 20.8. The molecule has 0 saturated heterocycles. The summed E-state index contributed by atoms with van der Waals surface area (Å²) in [6.07, 6.45) is 22.8. The second-order valence-electron chi connectivity index (χ2n) is 6.90. The Kier molecular flexibility index (Phi) is 26.0. The normalized spacial score (nSPS) is 10.7. The number of carbonyl (C=O) groups is 2. The van der Waals surface area contributed by atoms with Gasteiger partial charge in [0.15, 0.2) is 0 Å². The molecular formula is C24H44O4. The first kappa shape index (κ1) is 28.6. The molecule has 0 aliphatic rings. The average molecular weight is 397 g/mol. The number of allylic oxidation sites excluding steroid dienone is 4. The van der Waals surface area contributed by atoms with Gasteiger partial charge in [-0.15, -0.1) is 0 Å². The lowest BCUT2D eigenvalue weighted by atomic mass is 10.2. The van der Waals surface area contributed by atoms with Crippen molar-refractivity contribution in [2.75, 3.05) is 13.2 Å². The van der Waals surface area contributed by atoms with Gasteiger partial charge in [-0.3, -0.25) is 9.59 Å². The maximum Gasteiger partial charge on any atom is 0.302 e. The molecule has 0 bridgehead atoms. The Morgan fingerprint density at radius 1 is 0.571 bits per heavy atom. The molecule has 0 spiro atoms. The first-order valence-corrected chi connectivity index (χ1v) is 11.1. The van der Waals surface area contributed by atoms with Crippen LogP contribution < -0.4 is 0 Å². The molecule has 4 heteroatoms. The minimum Gasteiger partial charge on any atom is -0.466 e. The van der Waals surface area contributed by atoms with E-state index in [0.29, 0.717) is 13.2 Å². The van der Waals surface area contributed by atoms with Gasteiger partial charge in [0.1, 0.15) is 0 Å². The zero-order chi connectivity index (χ0) is 21.3. The molecule has 0 fully saturated rings. The van der Waals surface area contributed by atoms with E-state index in [1.165, 1.54) is 58.8 Å². The van der Waals surface area contributed by atoms with Crippen molar-refractivity contribution < 1.29 is 19.1 Å². The average Bonchev–Trinajstić information content (AvgIpc) is 2.65. The van der Waals surface area contributed by atoms with Crippen molar-refractivity contribution in [2.24, 2.45) is 0 Å². The zero-order valence-electron chi connectivity index (χ0n) is 18.8. The molecule has 0 aromatic carbocycles. The second-order valence-corrected chi connectivity index (χ2v) is 6.90. The summed E-state index contributed by atoms with van der Waals surface area (Å²) < 4.78 is 9.64. The zero-order valence-corrected chi connectivity index (χ0v) is 18.8. The predicted octanol–water partition coefficient (Wildman–Crippen LogP) is 6.93. The van der Waals surface area contributed by atoms with Gasteiger partial charge < -0.3 is 9.47 Å². The third-order valence-electron chi connectivity index (χ3n) is 3.92. The van der Waals surface area contributed by atoms with Crippen molar-refractivity contribution in [2.45, 2.75) is 105 Å². The molecule has 0 amide bonds. The lowest BCUT2D eigenvalue weighted by Gasteiger charge is -1.99. The molecule has 4 nitrogen and oxygen atoms in total. The Hall–Kier alpha value is -1.58. The van der Waals surface area contributed by atoms with E-state index in [0.717, 1.165) is 32.1 Å². The van der Waals surface area contributed by atoms with Crippen LogP contribution in [-0.4, -0.2) is 25.2 Å². The van der Waals surface area contributed by atoms with Gasteiger partial charge >= 0.3 is 11.9 Å². The first-order chi connectivity index (χ1) is 13.5. The van der Waals surface area contributed by atoms with Crippen LogP contribution in [0.3, 0.4) is 0 Å². The summed E-state index contributed by atoms with van der Waals surface area (Å²) in [6, 6.07) is 0. The van der Waals surface area contributed by atoms with E-state index in [4.69, 9.17) is 9.47 Å². The fourth-order valence-electron chi connectivity index (χ4n) is 2.30. The van der Waals surface area contributed by atoms with Crippen LogP contribution in [0.1, 0.15) is 105 Å². The molecule has 0 aliphatic heterocycles. The van der Waals surface area contributed by atoms with Gasteiger partial charge in [-0.05, 0) is 51.4 Å². The van der Waals surface area contributed by atoms with Crippen molar-refractivity contribution in [1.29, 1.82) is 0 Å². The number of hydrogen-bond acceptors (Lipinski definition) is 4. The summed E-state index contributed by atoms with van der Waals surface area (Å²) in [5.41, 5.74) is 0. The second kappa shape index (κ2) is 25.4. The maximum atomic E-state index is 10.4. The van der Waals surface area contributed by atoms with Crippen molar-refractivity contribution >= 4 is 11.9 Å². The van der Waals surface area contributed by atoms with Gasteiger partial charge in [0.25, 0.3) is 0 Å². The van der Waals surface area contributed by atoms with E-state index < -0.39 is 0 Å². The van der Waals surface area contributed by atoms with Gasteiger partial charge in [-0.1, -0.05) is 63.8 Å². The van der Waals surface area contributed by atoms with Gasteiger partial charge in [0.05, 0.1) is 13.2 Å². The van der Waals surface area contributed by atoms with Crippen LogP contribution in [0.4, 0.5) is 0 Å². The molecule has 28 heavy (non-hydrogen) atoms. The quantitative estimate of drug-likeness (QED) is 0.161. The predicted molar refractivity (Wildman–Crippen MR) is 118 cm³/mol. The van der Waals surface area contributed by atoms with Crippen LogP contribution >= 0.6 is 0 Å². The van der Waals surface area contributed by atoms with Gasteiger partial charge in [0.2, 0.25) is 0 Å². The highest BCUT2D eigenvalue weighted by Gasteiger charge is 1.91. The minimum absolute atomic E-state index is 0.177. The number of ether oxygens (including phenoxy) is 2. The molecule has 0 saturated carbocycles. The smallest absolute Gasteiger partial charge is 0.302 e. The molecule has 0 N–H and O–H groups in total. The Labute approximate surface area is 173 Å². The van der Waals surface area contributed by atoms with Gasteiger partial charge in [-0.2, -0.15) is 0 Å². The van der Waals surface area contributed by atoms with Crippen molar-refractivity contribution in [3.63, 3.8) is 0 Å². The fraction of sp³-hybridized carbons (Fsp3) is 0.750. The fourth-order valence-corrected chi connectivity index (χ4v) is 2.30. The highest BCUT2D eigenvalue weighted by molar-refractivity contribution is 5.66. The Balaban J connectivity index is 0. The summed E-state index contributed by atoms with van der Waals surface area (Å²) in [7, 11) is 0. The number of rotatable bonds is 16. The molecule has 0 aliphatic carbocycles. The highest BCUT2D eigenvalue weighted by Crippen LogP contribution is 2.02. The molecule has 0 unspecified atom stereocenters. The summed E-state index contributed by atoms with van der Waals surface area (Å²) >= 11 is 0. The maximum absolute atomic E-state index is 10.4. The standard InChI is InChI=1S/2C12H22O2/c2*1-3-4-5-6-7-8-9-10-11-14-12(2)13/h7-8H,3-6,9-11H2,1-2H3;6-7H,3-5,8-11H2,1-2H3/b8-7-;7-6-. The third kappa shape index (κ3) is 32.1. The van der Waals surface area contributed by atoms with E-state index in [1.54, 1.807) is 0 Å². The molecule has 0 aromatic rings. The van der Waals surface area contributed by atoms with E-state index >= 15 is 0 Å². The van der Waals surface area contributed by atoms with Crippen LogP contribution in [0.25, 0.3) is 0 Å². The van der Waals surface area contributed by atoms with Crippen LogP contribution in [0.5, 0.6) is 0 Å². The van der Waals surface area contributed by atoms with Crippen LogP contribution in [0, 0.1) is 0 Å². The first-order valence-electron chi connectivity index (χ1n) is 11.1. The molecule has 0 radical (unpaired) electrons. The van der Waals surface area contributed by atoms with Crippen LogP contribution in [0.15, 0.2) is 24.3 Å². The summed E-state index contributed by atoms with van der Waals surface area (Å²) in [5.74, 6) is -0.361. The largest absolute Gasteiger partial charge is 0.466 e. The monoisotopic (exact) mass is 396 g/mol. The van der Waals surface area contributed by atoms with Gasteiger partial charge in [0, 0.05) is 13.8 Å². The summed E-state index contributed by atoms with van der Waals surface area (Å²) in [5, 5.41) is 0. The number of unbranched alkanes of at least 4 members (excludes halogenated alkanes) is 8. The molecular weight excluding hydrogens is 352 g/mol. The summed E-state index contributed by atoms with van der Waals surface area (Å²) in [6.45, 7) is 8.42. The Morgan fingerprint density at radius 3 is 1.43 bits per heavy atom. The van der Waals surface area contributed by atoms with E-state index in [1.807, 2.05) is 0 Å². The van der Waals surface area contributed by atoms with Crippen molar-refractivity contribution in [3.05, 3.63) is 24.3 Å². The molecule has 0 rings (SSSR count). The molecule has 164 valence electrons. The topological polar surface area (TPSA) is 52.6 Å². The SMILES string of the molecule is CCCC/C=C\CCCCOC(C)=O.CCCCC/C=C\CCCOC(C)=O. The highest BCUT2D eigenvalue weighted by atomic mass is 16.5.